The van der Waals surface area contributed by atoms with Crippen molar-refractivity contribution in [1.29, 1.82) is 0 Å². The van der Waals surface area contributed by atoms with Gasteiger partial charge < -0.3 is 19.5 Å². The Balaban J connectivity index is 1.89. The van der Waals surface area contributed by atoms with Gasteiger partial charge >= 0.3 is 5.97 Å². The lowest BCUT2D eigenvalue weighted by atomic mass is 9.87. The third kappa shape index (κ3) is 5.09. The molecule has 0 spiro atoms. The summed E-state index contributed by atoms with van der Waals surface area (Å²) in [4.78, 5) is 16.9. The molecule has 1 heterocycles. The second-order valence-corrected chi connectivity index (χ2v) is 7.55. The van der Waals surface area contributed by atoms with Crippen LogP contribution in [0, 0.1) is 5.92 Å². The van der Waals surface area contributed by atoms with Gasteiger partial charge in [0.15, 0.2) is 5.11 Å². The molecule has 2 aromatic carbocycles. The maximum Gasteiger partial charge on any atom is 0.317 e. The number of thiocarbonyl (C=S) groups is 1. The summed E-state index contributed by atoms with van der Waals surface area (Å²) in [5, 5.41) is 4.13. The second-order valence-electron chi connectivity index (χ2n) is 6.72. The summed E-state index contributed by atoms with van der Waals surface area (Å²) < 4.78 is 16.6. The van der Waals surface area contributed by atoms with Gasteiger partial charge in [-0.15, -0.1) is 0 Å². The number of carbonyl (C=O) groups excluding carboxylic acids is 1. The molecule has 0 amide bonds. The quantitative estimate of drug-likeness (QED) is 0.499. The van der Waals surface area contributed by atoms with Crippen LogP contribution in [-0.4, -0.2) is 30.5 Å². The first-order chi connectivity index (χ1) is 14.4. The zero-order chi connectivity index (χ0) is 21.7. The van der Waals surface area contributed by atoms with E-state index < -0.39 is 12.0 Å². The minimum Gasteiger partial charge on any atom is -0.496 e. The lowest BCUT2D eigenvalue weighted by Crippen LogP contribution is -2.44. The molecule has 1 aliphatic heterocycles. The topological polar surface area (TPSA) is 69.2 Å². The average molecular weight is 447 g/mol. The summed E-state index contributed by atoms with van der Waals surface area (Å²) in [5.74, 6) is 0.462. The summed E-state index contributed by atoms with van der Waals surface area (Å²) in [5.41, 5.74) is 2.32. The van der Waals surface area contributed by atoms with E-state index in [9.17, 15) is 4.79 Å². The largest absolute Gasteiger partial charge is 0.496 e. The van der Waals surface area contributed by atoms with Gasteiger partial charge in [0.1, 0.15) is 24.0 Å². The molecule has 158 valence electrons. The van der Waals surface area contributed by atoms with E-state index in [1.54, 1.807) is 45.2 Å². The fraction of sp³-hybridized carbons (Fsp3) is 0.318. The summed E-state index contributed by atoms with van der Waals surface area (Å²) in [6, 6.07) is 12.4. The van der Waals surface area contributed by atoms with E-state index in [2.05, 4.69) is 10.3 Å². The third-order valence-electron chi connectivity index (χ3n) is 4.75. The van der Waals surface area contributed by atoms with E-state index in [1.165, 1.54) is 0 Å². The first kappa shape index (κ1) is 22.1. The van der Waals surface area contributed by atoms with Crippen LogP contribution in [0.4, 0.5) is 0 Å². The Bertz CT molecular complexity index is 962. The minimum absolute atomic E-state index is 0.285. The van der Waals surface area contributed by atoms with Crippen LogP contribution in [0.3, 0.4) is 0 Å². The number of aliphatic imine (C=N–C) groups is 1. The average Bonchev–Trinajstić information content (AvgIpc) is 2.72. The Kier molecular flexibility index (Phi) is 7.29. The Hall–Kier alpha value is -2.64. The molecule has 0 aliphatic carbocycles. The predicted octanol–water partition coefficient (Wildman–Crippen LogP) is 4.50. The van der Waals surface area contributed by atoms with Crippen molar-refractivity contribution in [2.24, 2.45) is 10.9 Å². The van der Waals surface area contributed by atoms with Gasteiger partial charge in [-0.1, -0.05) is 17.7 Å². The summed E-state index contributed by atoms with van der Waals surface area (Å²) in [6.07, 6.45) is 0. The van der Waals surface area contributed by atoms with Gasteiger partial charge in [-0.2, -0.15) is 0 Å². The number of ether oxygens (including phenoxy) is 3. The fourth-order valence-electron chi connectivity index (χ4n) is 3.33. The van der Waals surface area contributed by atoms with E-state index >= 15 is 0 Å². The molecule has 3 rings (SSSR count). The Morgan fingerprint density at radius 2 is 1.97 bits per heavy atom. The summed E-state index contributed by atoms with van der Waals surface area (Å²) in [6.45, 7) is 4.14. The highest BCUT2D eigenvalue weighted by Gasteiger charge is 2.37. The fourth-order valence-corrected chi connectivity index (χ4v) is 3.73. The van der Waals surface area contributed by atoms with Crippen molar-refractivity contribution in [2.75, 3.05) is 13.7 Å². The maximum absolute atomic E-state index is 12.6. The van der Waals surface area contributed by atoms with Gasteiger partial charge in [-0.3, -0.25) is 4.79 Å². The van der Waals surface area contributed by atoms with Crippen molar-refractivity contribution in [3.63, 3.8) is 0 Å². The maximum atomic E-state index is 12.6. The number of halogens is 1. The molecule has 0 radical (unpaired) electrons. The predicted molar refractivity (Wildman–Crippen MR) is 120 cm³/mol. The monoisotopic (exact) mass is 446 g/mol. The van der Waals surface area contributed by atoms with Gasteiger partial charge in [0, 0.05) is 16.3 Å². The van der Waals surface area contributed by atoms with Gasteiger partial charge in [-0.05, 0) is 68.0 Å². The smallest absolute Gasteiger partial charge is 0.317 e. The Morgan fingerprint density at radius 1 is 1.23 bits per heavy atom. The van der Waals surface area contributed by atoms with Gasteiger partial charge in [0.25, 0.3) is 0 Å². The summed E-state index contributed by atoms with van der Waals surface area (Å²) in [7, 11) is 1.60. The molecule has 2 unspecified atom stereocenters. The highest BCUT2D eigenvalue weighted by Crippen LogP contribution is 2.32. The number of rotatable bonds is 7. The minimum atomic E-state index is -0.574. The first-order valence-corrected chi connectivity index (χ1v) is 10.3. The van der Waals surface area contributed by atoms with Gasteiger partial charge in [-0.25, -0.2) is 4.99 Å². The van der Waals surface area contributed by atoms with E-state index in [0.717, 1.165) is 11.1 Å². The highest BCUT2D eigenvalue weighted by atomic mass is 35.5. The standard InChI is InChI=1S/C22H23ClN2O4S/c1-4-28-21(26)19-13(2)24-22(30)25-20(19)14-5-10-18(27-3)15(11-14)12-29-17-8-6-16(23)7-9-17/h5-11,19-20H,4,12H2,1-3H3,(H,25,30). The number of hydrogen-bond donors (Lipinski definition) is 1. The molecule has 0 fully saturated rings. The van der Waals surface area contributed by atoms with Crippen molar-refractivity contribution >= 4 is 40.6 Å². The molecule has 8 heteroatoms. The highest BCUT2D eigenvalue weighted by molar-refractivity contribution is 7.80. The molecular weight excluding hydrogens is 424 g/mol. The number of esters is 1. The number of hydrogen-bond acceptors (Lipinski definition) is 5. The third-order valence-corrected chi connectivity index (χ3v) is 5.21. The van der Waals surface area contributed by atoms with Crippen molar-refractivity contribution in [3.05, 3.63) is 58.6 Å². The van der Waals surface area contributed by atoms with Crippen LogP contribution in [0.15, 0.2) is 47.5 Å². The van der Waals surface area contributed by atoms with Crippen LogP contribution < -0.4 is 14.8 Å². The van der Waals surface area contributed by atoms with Crippen molar-refractivity contribution in [2.45, 2.75) is 26.5 Å². The van der Waals surface area contributed by atoms with Crippen molar-refractivity contribution in [3.8, 4) is 11.5 Å². The molecule has 6 nitrogen and oxygen atoms in total. The van der Waals surface area contributed by atoms with Crippen LogP contribution in [0.5, 0.6) is 11.5 Å². The van der Waals surface area contributed by atoms with Crippen LogP contribution in [-0.2, 0) is 16.1 Å². The number of nitrogens with zero attached hydrogens (tertiary/aromatic N) is 1. The van der Waals surface area contributed by atoms with E-state index in [-0.39, 0.29) is 12.6 Å². The number of methoxy groups -OCH3 is 1. The van der Waals surface area contributed by atoms with Crippen molar-refractivity contribution in [1.82, 2.24) is 5.32 Å². The number of carbonyl (C=O) groups is 1. The van der Waals surface area contributed by atoms with Crippen molar-refractivity contribution < 1.29 is 19.0 Å². The molecule has 0 aromatic heterocycles. The van der Waals surface area contributed by atoms with Crippen LogP contribution in [0.1, 0.15) is 31.0 Å². The Morgan fingerprint density at radius 3 is 2.63 bits per heavy atom. The van der Waals surface area contributed by atoms with Crippen LogP contribution in [0.2, 0.25) is 5.02 Å². The molecule has 2 atom stereocenters. The van der Waals surface area contributed by atoms with Crippen LogP contribution >= 0.6 is 23.8 Å². The zero-order valence-corrected chi connectivity index (χ0v) is 18.5. The van der Waals surface area contributed by atoms with Gasteiger partial charge in [0.05, 0.1) is 19.8 Å². The van der Waals surface area contributed by atoms with Gasteiger partial charge in [0.2, 0.25) is 0 Å². The molecule has 1 N–H and O–H groups in total. The normalized spacial score (nSPS) is 18.3. The molecule has 0 saturated heterocycles. The first-order valence-electron chi connectivity index (χ1n) is 9.50. The lowest BCUT2D eigenvalue weighted by molar-refractivity contribution is -0.146. The summed E-state index contributed by atoms with van der Waals surface area (Å²) >= 11 is 11.2. The van der Waals surface area contributed by atoms with E-state index in [1.807, 2.05) is 18.2 Å². The van der Waals surface area contributed by atoms with Crippen LogP contribution in [0.25, 0.3) is 0 Å². The molecule has 2 aromatic rings. The molecule has 0 saturated carbocycles. The van der Waals surface area contributed by atoms with E-state index in [0.29, 0.717) is 34.0 Å². The molecular formula is C22H23ClN2O4S. The molecule has 1 aliphatic rings. The second kappa shape index (κ2) is 9.91. The Labute approximate surface area is 186 Å². The SMILES string of the molecule is CCOC(=O)C1C(C)=NC(=S)NC1c1ccc(OC)c(COc2ccc(Cl)cc2)c1. The number of benzene rings is 2. The molecule has 0 bridgehead atoms. The molecule has 30 heavy (non-hydrogen) atoms. The zero-order valence-electron chi connectivity index (χ0n) is 17.0. The lowest BCUT2D eigenvalue weighted by Gasteiger charge is -2.31. The number of nitrogens with one attached hydrogen (secondary N) is 1. The van der Waals surface area contributed by atoms with E-state index in [4.69, 9.17) is 38.0 Å².